The van der Waals surface area contributed by atoms with Crippen LogP contribution in [0.25, 0.3) is 0 Å². The molecule has 0 saturated carbocycles. The van der Waals surface area contributed by atoms with E-state index in [1.165, 1.54) is 0 Å². The fourth-order valence-corrected chi connectivity index (χ4v) is 3.13. The lowest BCUT2D eigenvalue weighted by atomic mass is 10.2. The van der Waals surface area contributed by atoms with Gasteiger partial charge in [-0.05, 0) is 18.2 Å². The Morgan fingerprint density at radius 2 is 1.93 bits per heavy atom. The summed E-state index contributed by atoms with van der Waals surface area (Å²) in [5, 5.41) is 2.68. The zero-order valence-electron chi connectivity index (χ0n) is 14.9. The van der Waals surface area contributed by atoms with Crippen molar-refractivity contribution in [3.63, 3.8) is 0 Å². The van der Waals surface area contributed by atoms with Gasteiger partial charge in [-0.3, -0.25) is 4.79 Å². The highest BCUT2D eigenvalue weighted by atomic mass is 35.5. The summed E-state index contributed by atoms with van der Waals surface area (Å²) in [5.74, 6) is 0.984. The SMILES string of the molecule is O=C(CCNc1ncc(C(F)(F)F)cc1Cl)N1CCN(c2ccccn2)CC1. The van der Waals surface area contributed by atoms with Gasteiger partial charge in [-0.15, -0.1) is 0 Å². The van der Waals surface area contributed by atoms with Crippen molar-refractivity contribution >= 4 is 29.1 Å². The Kier molecular flexibility index (Phi) is 6.23. The number of nitrogens with one attached hydrogen (secondary N) is 1. The van der Waals surface area contributed by atoms with E-state index in [1.807, 2.05) is 18.2 Å². The summed E-state index contributed by atoms with van der Waals surface area (Å²) in [6.07, 6.45) is -1.85. The maximum absolute atomic E-state index is 12.6. The highest BCUT2D eigenvalue weighted by molar-refractivity contribution is 6.32. The number of alkyl halides is 3. The maximum atomic E-state index is 12.6. The number of amides is 1. The molecule has 10 heteroatoms. The van der Waals surface area contributed by atoms with E-state index in [2.05, 4.69) is 20.2 Å². The maximum Gasteiger partial charge on any atom is 0.417 e. The van der Waals surface area contributed by atoms with Gasteiger partial charge >= 0.3 is 6.18 Å². The number of carbonyl (C=O) groups excluding carboxylic acids is 1. The predicted octanol–water partition coefficient (Wildman–Crippen LogP) is 3.30. The quantitative estimate of drug-likeness (QED) is 0.815. The first-order valence-electron chi connectivity index (χ1n) is 8.75. The van der Waals surface area contributed by atoms with E-state index in [4.69, 9.17) is 11.6 Å². The van der Waals surface area contributed by atoms with Crippen LogP contribution in [0.15, 0.2) is 36.7 Å². The van der Waals surface area contributed by atoms with Gasteiger partial charge in [0.1, 0.15) is 11.6 Å². The summed E-state index contributed by atoms with van der Waals surface area (Å²) in [4.78, 5) is 24.2. The first-order valence-corrected chi connectivity index (χ1v) is 9.13. The third-order valence-electron chi connectivity index (χ3n) is 4.41. The molecular weight excluding hydrogens is 395 g/mol. The van der Waals surface area contributed by atoms with Crippen molar-refractivity contribution in [2.45, 2.75) is 12.6 Å². The fourth-order valence-electron chi connectivity index (χ4n) is 2.89. The zero-order valence-corrected chi connectivity index (χ0v) is 15.7. The minimum absolute atomic E-state index is 0.0313. The van der Waals surface area contributed by atoms with Crippen LogP contribution >= 0.6 is 11.6 Å². The van der Waals surface area contributed by atoms with E-state index in [-0.39, 0.29) is 29.7 Å². The van der Waals surface area contributed by atoms with Gasteiger partial charge in [0.25, 0.3) is 0 Å². The van der Waals surface area contributed by atoms with E-state index in [1.54, 1.807) is 11.1 Å². The summed E-state index contributed by atoms with van der Waals surface area (Å²) in [5.41, 5.74) is -0.912. The molecule has 1 fully saturated rings. The molecule has 0 radical (unpaired) electrons. The van der Waals surface area contributed by atoms with Crippen LogP contribution < -0.4 is 10.2 Å². The molecule has 1 amide bonds. The van der Waals surface area contributed by atoms with Gasteiger partial charge < -0.3 is 15.1 Å². The lowest BCUT2D eigenvalue weighted by molar-refractivity contribution is -0.137. The average molecular weight is 414 g/mol. The van der Waals surface area contributed by atoms with Crippen LogP contribution in [0.4, 0.5) is 24.8 Å². The summed E-state index contributed by atoms with van der Waals surface area (Å²) in [7, 11) is 0. The minimum Gasteiger partial charge on any atom is -0.368 e. The van der Waals surface area contributed by atoms with Crippen LogP contribution in [-0.2, 0) is 11.0 Å². The third kappa shape index (κ3) is 5.03. The molecule has 3 heterocycles. The third-order valence-corrected chi connectivity index (χ3v) is 4.69. The van der Waals surface area contributed by atoms with E-state index >= 15 is 0 Å². The van der Waals surface area contributed by atoms with Crippen LogP contribution in [0.1, 0.15) is 12.0 Å². The van der Waals surface area contributed by atoms with Crippen LogP contribution in [0.2, 0.25) is 5.02 Å². The van der Waals surface area contributed by atoms with Crippen LogP contribution in [0, 0.1) is 0 Å². The van der Waals surface area contributed by atoms with Crippen molar-refractivity contribution < 1.29 is 18.0 Å². The van der Waals surface area contributed by atoms with Gasteiger partial charge in [0.2, 0.25) is 5.91 Å². The lowest BCUT2D eigenvalue weighted by Crippen LogP contribution is -2.49. The van der Waals surface area contributed by atoms with Crippen LogP contribution in [0.5, 0.6) is 0 Å². The predicted molar refractivity (Wildman–Crippen MR) is 100 cm³/mol. The van der Waals surface area contributed by atoms with Crippen molar-refractivity contribution in [3.8, 4) is 0 Å². The van der Waals surface area contributed by atoms with E-state index in [0.29, 0.717) is 32.4 Å². The Balaban J connectivity index is 1.45. The molecule has 1 aliphatic rings. The van der Waals surface area contributed by atoms with Crippen molar-refractivity contribution in [2.75, 3.05) is 42.9 Å². The number of rotatable bonds is 5. The average Bonchev–Trinajstić information content (AvgIpc) is 2.69. The number of pyridine rings is 2. The molecule has 28 heavy (non-hydrogen) atoms. The first-order chi connectivity index (χ1) is 13.3. The number of carbonyl (C=O) groups is 1. The molecule has 3 rings (SSSR count). The summed E-state index contributed by atoms with van der Waals surface area (Å²) < 4.78 is 37.9. The molecule has 0 aromatic carbocycles. The van der Waals surface area contributed by atoms with Crippen molar-refractivity contribution in [1.82, 2.24) is 14.9 Å². The molecule has 0 atom stereocenters. The van der Waals surface area contributed by atoms with Crippen LogP contribution in [0.3, 0.4) is 0 Å². The summed E-state index contributed by atoms with van der Waals surface area (Å²) in [6.45, 7) is 2.81. The normalized spacial score (nSPS) is 14.9. The van der Waals surface area contributed by atoms with Gasteiger partial charge in [-0.2, -0.15) is 13.2 Å². The van der Waals surface area contributed by atoms with Crippen LogP contribution in [-0.4, -0.2) is 53.5 Å². The Morgan fingerprint density at radius 3 is 2.54 bits per heavy atom. The largest absolute Gasteiger partial charge is 0.417 e. The highest BCUT2D eigenvalue weighted by Gasteiger charge is 2.31. The number of hydrogen-bond donors (Lipinski definition) is 1. The molecule has 2 aromatic rings. The molecular formula is C18H19ClF3N5O. The lowest BCUT2D eigenvalue weighted by Gasteiger charge is -2.35. The molecule has 150 valence electrons. The molecule has 0 unspecified atom stereocenters. The second-order valence-corrected chi connectivity index (χ2v) is 6.69. The van der Waals surface area contributed by atoms with Gasteiger partial charge in [0, 0.05) is 51.5 Å². The molecule has 1 aliphatic heterocycles. The Bertz CT molecular complexity index is 811. The van der Waals surface area contributed by atoms with Gasteiger partial charge in [0.05, 0.1) is 10.6 Å². The van der Waals surface area contributed by atoms with Crippen molar-refractivity contribution in [2.24, 2.45) is 0 Å². The molecule has 0 aliphatic carbocycles. The molecule has 0 spiro atoms. The topological polar surface area (TPSA) is 61.4 Å². The van der Waals surface area contributed by atoms with Crippen molar-refractivity contribution in [3.05, 3.63) is 47.2 Å². The Labute approximate surface area is 165 Å². The number of piperazine rings is 1. The van der Waals surface area contributed by atoms with E-state index in [0.717, 1.165) is 11.9 Å². The van der Waals surface area contributed by atoms with Gasteiger partial charge in [0.15, 0.2) is 0 Å². The second kappa shape index (κ2) is 8.64. The van der Waals surface area contributed by atoms with E-state index < -0.39 is 11.7 Å². The molecule has 2 aromatic heterocycles. The number of halogens is 4. The molecule has 1 N–H and O–H groups in total. The summed E-state index contributed by atoms with van der Waals surface area (Å²) in [6, 6.07) is 6.53. The monoisotopic (exact) mass is 413 g/mol. The second-order valence-electron chi connectivity index (χ2n) is 6.28. The number of aromatic nitrogens is 2. The number of anilines is 2. The zero-order chi connectivity index (χ0) is 20.1. The smallest absolute Gasteiger partial charge is 0.368 e. The van der Waals surface area contributed by atoms with Crippen molar-refractivity contribution in [1.29, 1.82) is 0 Å². The number of nitrogens with zero attached hydrogens (tertiary/aromatic N) is 4. The Morgan fingerprint density at radius 1 is 1.18 bits per heavy atom. The van der Waals surface area contributed by atoms with Gasteiger partial charge in [-0.1, -0.05) is 17.7 Å². The molecule has 6 nitrogen and oxygen atoms in total. The molecule has 1 saturated heterocycles. The van der Waals surface area contributed by atoms with Gasteiger partial charge in [-0.25, -0.2) is 9.97 Å². The standard InChI is InChI=1S/C18H19ClF3N5O/c19-14-11-13(18(20,21)22)12-25-17(14)24-6-4-16(28)27-9-7-26(8-10-27)15-3-1-2-5-23-15/h1-3,5,11-12H,4,6-10H2,(H,24,25). The van der Waals surface area contributed by atoms with E-state index in [9.17, 15) is 18.0 Å². The number of hydrogen-bond acceptors (Lipinski definition) is 5. The molecule has 0 bridgehead atoms. The summed E-state index contributed by atoms with van der Waals surface area (Å²) >= 11 is 5.84. The minimum atomic E-state index is -4.50. The fraction of sp³-hybridized carbons (Fsp3) is 0.389. The first kappa shape index (κ1) is 20.2. The highest BCUT2D eigenvalue weighted by Crippen LogP contribution is 2.32. The Hall–Kier alpha value is -2.55.